The van der Waals surface area contributed by atoms with E-state index < -0.39 is 0 Å². The third-order valence-electron chi connectivity index (χ3n) is 6.17. The molecule has 1 atom stereocenters. The molecule has 1 aromatic carbocycles. The van der Waals surface area contributed by atoms with Crippen LogP contribution in [-0.4, -0.2) is 48.8 Å². The zero-order valence-corrected chi connectivity index (χ0v) is 18.9. The van der Waals surface area contributed by atoms with Gasteiger partial charge in [-0.15, -0.1) is 0 Å². The number of ether oxygens (including phenoxy) is 2. The Labute approximate surface area is 197 Å². The lowest BCUT2D eigenvalue weighted by Crippen LogP contribution is -2.24. The first-order valence-corrected chi connectivity index (χ1v) is 11.7. The van der Waals surface area contributed by atoms with Crippen LogP contribution in [0, 0.1) is 0 Å². The molecule has 1 aliphatic rings. The third-order valence-corrected chi connectivity index (χ3v) is 6.17. The lowest BCUT2D eigenvalue weighted by Gasteiger charge is -2.22. The van der Waals surface area contributed by atoms with Crippen molar-refractivity contribution in [2.24, 2.45) is 0 Å². The van der Waals surface area contributed by atoms with Gasteiger partial charge in [-0.3, -0.25) is 9.67 Å². The minimum absolute atomic E-state index is 0.0768. The SMILES string of the molecule is c1cnc2ccc(Cn3cnc4ccc(-c5cnn(CCOC6CCCCO6)c5)nc43)cc2c1. The smallest absolute Gasteiger partial charge is 0.160 e. The monoisotopic (exact) mass is 454 g/mol. The van der Waals surface area contributed by atoms with Crippen LogP contribution in [0.15, 0.2) is 67.4 Å². The first-order valence-electron chi connectivity index (χ1n) is 11.7. The second-order valence-corrected chi connectivity index (χ2v) is 8.60. The molecule has 1 unspecified atom stereocenters. The summed E-state index contributed by atoms with van der Waals surface area (Å²) in [6, 6.07) is 14.4. The number of nitrogens with zero attached hydrogens (tertiary/aromatic N) is 6. The maximum atomic E-state index is 5.83. The van der Waals surface area contributed by atoms with Gasteiger partial charge in [0, 0.05) is 30.0 Å². The fourth-order valence-electron chi connectivity index (χ4n) is 4.37. The molecule has 0 spiro atoms. The third kappa shape index (κ3) is 4.42. The predicted octanol–water partition coefficient (Wildman–Crippen LogP) is 4.43. The Morgan fingerprint density at radius 1 is 1.06 bits per heavy atom. The van der Waals surface area contributed by atoms with Crippen LogP contribution in [0.3, 0.4) is 0 Å². The molecular weight excluding hydrogens is 428 g/mol. The Kier molecular flexibility index (Phi) is 5.74. The van der Waals surface area contributed by atoms with Crippen molar-refractivity contribution in [1.29, 1.82) is 0 Å². The molecule has 0 bridgehead atoms. The van der Waals surface area contributed by atoms with E-state index >= 15 is 0 Å². The molecule has 6 rings (SSSR count). The number of hydrogen-bond acceptors (Lipinski definition) is 6. The summed E-state index contributed by atoms with van der Waals surface area (Å²) in [7, 11) is 0. The molecule has 5 heterocycles. The lowest BCUT2D eigenvalue weighted by molar-refractivity contribution is -0.163. The number of hydrogen-bond donors (Lipinski definition) is 0. The van der Waals surface area contributed by atoms with Crippen LogP contribution in [0.25, 0.3) is 33.3 Å². The van der Waals surface area contributed by atoms with E-state index in [1.165, 1.54) is 12.0 Å². The Balaban J connectivity index is 1.18. The van der Waals surface area contributed by atoms with Crippen LogP contribution in [-0.2, 0) is 22.6 Å². The molecule has 4 aromatic heterocycles. The summed E-state index contributed by atoms with van der Waals surface area (Å²) < 4.78 is 15.4. The summed E-state index contributed by atoms with van der Waals surface area (Å²) in [4.78, 5) is 13.9. The maximum Gasteiger partial charge on any atom is 0.160 e. The van der Waals surface area contributed by atoms with Gasteiger partial charge in [0.1, 0.15) is 5.52 Å². The average molecular weight is 455 g/mol. The van der Waals surface area contributed by atoms with Crippen molar-refractivity contribution in [1.82, 2.24) is 29.3 Å². The predicted molar refractivity (Wildman–Crippen MR) is 129 cm³/mol. The molecular formula is C26H26N6O2. The van der Waals surface area contributed by atoms with E-state index in [4.69, 9.17) is 14.5 Å². The highest BCUT2D eigenvalue weighted by atomic mass is 16.7. The fraction of sp³-hybridized carbons (Fsp3) is 0.308. The van der Waals surface area contributed by atoms with Crippen molar-refractivity contribution >= 4 is 22.1 Å². The molecule has 0 radical (unpaired) electrons. The molecule has 0 amide bonds. The van der Waals surface area contributed by atoms with Gasteiger partial charge in [-0.2, -0.15) is 5.10 Å². The first kappa shape index (κ1) is 20.9. The van der Waals surface area contributed by atoms with Gasteiger partial charge >= 0.3 is 0 Å². The van der Waals surface area contributed by atoms with Gasteiger partial charge in [-0.05, 0) is 55.2 Å². The summed E-state index contributed by atoms with van der Waals surface area (Å²) in [5.74, 6) is 0. The Morgan fingerprint density at radius 3 is 2.97 bits per heavy atom. The van der Waals surface area contributed by atoms with Crippen LogP contribution < -0.4 is 0 Å². The fourth-order valence-corrected chi connectivity index (χ4v) is 4.37. The van der Waals surface area contributed by atoms with Crippen molar-refractivity contribution in [2.45, 2.75) is 38.6 Å². The quantitative estimate of drug-likeness (QED) is 0.362. The molecule has 1 saturated heterocycles. The van der Waals surface area contributed by atoms with Crippen molar-refractivity contribution in [3.8, 4) is 11.3 Å². The highest BCUT2D eigenvalue weighted by molar-refractivity contribution is 5.79. The average Bonchev–Trinajstić information content (AvgIpc) is 3.52. The molecule has 0 saturated carbocycles. The number of rotatable bonds is 7. The number of imidazole rings is 1. The van der Waals surface area contributed by atoms with Gasteiger partial charge in [0.15, 0.2) is 11.9 Å². The van der Waals surface area contributed by atoms with Gasteiger partial charge in [-0.25, -0.2) is 9.97 Å². The molecule has 8 heteroatoms. The highest BCUT2D eigenvalue weighted by Gasteiger charge is 2.14. The zero-order chi connectivity index (χ0) is 22.7. The Morgan fingerprint density at radius 2 is 2.03 bits per heavy atom. The molecule has 1 fully saturated rings. The van der Waals surface area contributed by atoms with Crippen LogP contribution >= 0.6 is 0 Å². The van der Waals surface area contributed by atoms with Gasteiger partial charge in [-0.1, -0.05) is 12.1 Å². The van der Waals surface area contributed by atoms with Crippen LogP contribution in [0.2, 0.25) is 0 Å². The van der Waals surface area contributed by atoms with E-state index in [1.807, 2.05) is 47.8 Å². The lowest BCUT2D eigenvalue weighted by atomic mass is 10.1. The van der Waals surface area contributed by atoms with Crippen molar-refractivity contribution < 1.29 is 9.47 Å². The van der Waals surface area contributed by atoms with Crippen molar-refractivity contribution in [2.75, 3.05) is 13.2 Å². The second-order valence-electron chi connectivity index (χ2n) is 8.60. The molecule has 1 aliphatic heterocycles. The number of fused-ring (bicyclic) bond motifs is 2. The summed E-state index contributed by atoms with van der Waals surface area (Å²) in [5, 5.41) is 5.62. The number of pyridine rings is 2. The molecule has 0 aliphatic carbocycles. The topological polar surface area (TPSA) is 79.9 Å². The summed E-state index contributed by atoms with van der Waals surface area (Å²) >= 11 is 0. The number of aromatic nitrogens is 6. The molecule has 0 N–H and O–H groups in total. The Hall–Kier alpha value is -3.62. The van der Waals surface area contributed by atoms with Crippen LogP contribution in [0.1, 0.15) is 24.8 Å². The highest BCUT2D eigenvalue weighted by Crippen LogP contribution is 2.22. The first-order chi connectivity index (χ1) is 16.8. The van der Waals surface area contributed by atoms with Gasteiger partial charge in [0.05, 0.1) is 43.4 Å². The standard InChI is InChI=1S/C26H26N6O2/c1-2-12-33-25(5-1)34-13-11-32-17-21(15-29-32)23-8-9-24-26(30-23)31(18-28-24)16-19-6-7-22-20(14-19)4-3-10-27-22/h3-4,6-10,14-15,17-18,25H,1-2,5,11-13,16H2. The van der Waals surface area contributed by atoms with E-state index in [9.17, 15) is 0 Å². The normalized spacial score (nSPS) is 16.4. The zero-order valence-electron chi connectivity index (χ0n) is 18.9. The molecule has 8 nitrogen and oxygen atoms in total. The van der Waals surface area contributed by atoms with Crippen LogP contribution in [0.5, 0.6) is 0 Å². The molecule has 172 valence electrons. The minimum atomic E-state index is -0.0768. The van der Waals surface area contributed by atoms with Gasteiger partial charge < -0.3 is 14.0 Å². The van der Waals surface area contributed by atoms with Crippen LogP contribution in [0.4, 0.5) is 0 Å². The van der Waals surface area contributed by atoms with E-state index in [0.717, 1.165) is 52.8 Å². The van der Waals surface area contributed by atoms with E-state index in [-0.39, 0.29) is 6.29 Å². The van der Waals surface area contributed by atoms with Gasteiger partial charge in [0.2, 0.25) is 0 Å². The van der Waals surface area contributed by atoms with E-state index in [0.29, 0.717) is 19.7 Å². The number of benzene rings is 1. The largest absolute Gasteiger partial charge is 0.353 e. The summed E-state index contributed by atoms with van der Waals surface area (Å²) in [6.07, 6.45) is 10.7. The summed E-state index contributed by atoms with van der Waals surface area (Å²) in [5.41, 5.74) is 5.76. The van der Waals surface area contributed by atoms with Crippen molar-refractivity contribution in [3.05, 3.63) is 72.9 Å². The van der Waals surface area contributed by atoms with E-state index in [2.05, 4.69) is 43.9 Å². The van der Waals surface area contributed by atoms with Gasteiger partial charge in [0.25, 0.3) is 0 Å². The maximum absolute atomic E-state index is 5.83. The minimum Gasteiger partial charge on any atom is -0.353 e. The van der Waals surface area contributed by atoms with E-state index in [1.54, 1.807) is 0 Å². The van der Waals surface area contributed by atoms with Crippen molar-refractivity contribution in [3.63, 3.8) is 0 Å². The molecule has 34 heavy (non-hydrogen) atoms. The molecule has 5 aromatic rings. The second kappa shape index (κ2) is 9.32. The Bertz CT molecular complexity index is 1420. The summed E-state index contributed by atoms with van der Waals surface area (Å²) in [6.45, 7) is 2.74.